The van der Waals surface area contributed by atoms with Crippen LogP contribution in [0.1, 0.15) is 25.6 Å². The van der Waals surface area contributed by atoms with Crippen LogP contribution in [0, 0.1) is 0 Å². The average molecular weight is 382 g/mol. The van der Waals surface area contributed by atoms with E-state index in [-0.39, 0.29) is 10.9 Å². The Balaban J connectivity index is 1.79. The summed E-state index contributed by atoms with van der Waals surface area (Å²) in [6.07, 6.45) is 3.12. The molecule has 0 aliphatic carbocycles. The predicted molar refractivity (Wildman–Crippen MR) is 107 cm³/mol. The van der Waals surface area contributed by atoms with Crippen molar-refractivity contribution < 1.29 is 8.42 Å². The number of benzene rings is 1. The number of anilines is 2. The van der Waals surface area contributed by atoms with Crippen LogP contribution >= 0.6 is 0 Å². The van der Waals surface area contributed by atoms with E-state index in [2.05, 4.69) is 15.3 Å². The number of para-hydroxylation sites is 1. The zero-order valence-electron chi connectivity index (χ0n) is 15.3. The van der Waals surface area contributed by atoms with Crippen molar-refractivity contribution >= 4 is 21.5 Å². The molecule has 1 atom stereocenters. The molecule has 140 valence electrons. The molecule has 0 bridgehead atoms. The summed E-state index contributed by atoms with van der Waals surface area (Å²) in [5.41, 5.74) is 1.52. The summed E-state index contributed by atoms with van der Waals surface area (Å²) < 4.78 is 27.3. The Bertz CT molecular complexity index is 962. The van der Waals surface area contributed by atoms with Gasteiger partial charge >= 0.3 is 0 Å². The van der Waals surface area contributed by atoms with E-state index < -0.39 is 10.0 Å². The molecule has 1 aromatic carbocycles. The lowest BCUT2D eigenvalue weighted by atomic mass is 10.2. The fourth-order valence-electron chi connectivity index (χ4n) is 2.76. The monoisotopic (exact) mass is 382 g/mol. The molecule has 0 saturated carbocycles. The average Bonchev–Trinajstić information content (AvgIpc) is 2.70. The second kappa shape index (κ2) is 8.18. The molecule has 1 N–H and O–H groups in total. The Morgan fingerprint density at radius 3 is 2.33 bits per heavy atom. The van der Waals surface area contributed by atoms with Crippen LogP contribution in [0.15, 0.2) is 78.0 Å². The highest BCUT2D eigenvalue weighted by Gasteiger charge is 2.23. The van der Waals surface area contributed by atoms with Gasteiger partial charge in [0.1, 0.15) is 10.7 Å². The summed E-state index contributed by atoms with van der Waals surface area (Å²) in [4.78, 5) is 8.74. The first-order valence-electron chi connectivity index (χ1n) is 8.73. The molecule has 27 heavy (non-hydrogen) atoms. The third kappa shape index (κ3) is 4.25. The maximum atomic E-state index is 13.0. The maximum Gasteiger partial charge on any atom is 0.265 e. The van der Waals surface area contributed by atoms with Gasteiger partial charge in [-0.05, 0) is 50.2 Å². The Hall–Kier alpha value is -2.93. The van der Waals surface area contributed by atoms with Gasteiger partial charge in [-0.1, -0.05) is 24.3 Å². The van der Waals surface area contributed by atoms with E-state index in [1.165, 1.54) is 10.5 Å². The first-order valence-corrected chi connectivity index (χ1v) is 10.2. The molecule has 0 spiro atoms. The van der Waals surface area contributed by atoms with Crippen LogP contribution in [0.2, 0.25) is 0 Å². The van der Waals surface area contributed by atoms with Crippen molar-refractivity contribution in [3.63, 3.8) is 0 Å². The molecule has 3 rings (SSSR count). The molecule has 0 radical (unpaired) electrons. The molecule has 3 aromatic rings. The highest BCUT2D eigenvalue weighted by atomic mass is 32.2. The zero-order chi connectivity index (χ0) is 19.3. The lowest BCUT2D eigenvalue weighted by Crippen LogP contribution is -2.30. The Kier molecular flexibility index (Phi) is 5.71. The third-order valence-corrected chi connectivity index (χ3v) is 6.04. The number of hydrogen-bond donors (Lipinski definition) is 1. The normalized spacial score (nSPS) is 12.4. The Morgan fingerprint density at radius 2 is 1.74 bits per heavy atom. The molecule has 2 aromatic heterocycles. The van der Waals surface area contributed by atoms with E-state index in [0.717, 1.165) is 5.69 Å². The first-order chi connectivity index (χ1) is 13.0. The zero-order valence-corrected chi connectivity index (χ0v) is 16.1. The SMILES string of the molecule is CCN(c1ccccc1)S(=O)(=O)c1ccc(NC(C)c2ccccn2)nc1. The van der Waals surface area contributed by atoms with Gasteiger partial charge in [0.2, 0.25) is 0 Å². The van der Waals surface area contributed by atoms with Crippen LogP contribution in [0.25, 0.3) is 0 Å². The van der Waals surface area contributed by atoms with Gasteiger partial charge in [-0.25, -0.2) is 13.4 Å². The topological polar surface area (TPSA) is 75.2 Å². The number of nitrogens with one attached hydrogen (secondary N) is 1. The van der Waals surface area contributed by atoms with Gasteiger partial charge in [-0.3, -0.25) is 9.29 Å². The van der Waals surface area contributed by atoms with E-state index in [1.807, 2.05) is 50.2 Å². The molecule has 2 heterocycles. The summed E-state index contributed by atoms with van der Waals surface area (Å²) in [6.45, 7) is 4.12. The first kappa shape index (κ1) is 18.8. The molecular weight excluding hydrogens is 360 g/mol. The molecule has 1 unspecified atom stereocenters. The molecule has 0 amide bonds. The minimum atomic E-state index is -3.67. The van der Waals surface area contributed by atoms with Crippen molar-refractivity contribution in [3.8, 4) is 0 Å². The van der Waals surface area contributed by atoms with E-state index in [0.29, 0.717) is 18.1 Å². The van der Waals surface area contributed by atoms with Crippen molar-refractivity contribution in [2.24, 2.45) is 0 Å². The van der Waals surface area contributed by atoms with Crippen molar-refractivity contribution in [1.29, 1.82) is 0 Å². The number of aromatic nitrogens is 2. The number of nitrogens with zero attached hydrogens (tertiary/aromatic N) is 3. The minimum absolute atomic E-state index is 0.0439. The fourth-order valence-corrected chi connectivity index (χ4v) is 4.18. The molecule has 7 heteroatoms. The summed E-state index contributed by atoms with van der Waals surface area (Å²) >= 11 is 0. The third-order valence-electron chi connectivity index (χ3n) is 4.15. The molecule has 0 aliphatic heterocycles. The molecule has 0 fully saturated rings. The molecular formula is C20H22N4O2S. The van der Waals surface area contributed by atoms with Gasteiger partial charge in [-0.15, -0.1) is 0 Å². The van der Waals surface area contributed by atoms with Gasteiger partial charge in [-0.2, -0.15) is 0 Å². The smallest absolute Gasteiger partial charge is 0.265 e. The van der Waals surface area contributed by atoms with Crippen LogP contribution in [0.4, 0.5) is 11.5 Å². The highest BCUT2D eigenvalue weighted by molar-refractivity contribution is 7.92. The highest BCUT2D eigenvalue weighted by Crippen LogP contribution is 2.24. The van der Waals surface area contributed by atoms with Gasteiger partial charge < -0.3 is 5.32 Å². The van der Waals surface area contributed by atoms with Gasteiger partial charge in [0.25, 0.3) is 10.0 Å². The number of sulfonamides is 1. The van der Waals surface area contributed by atoms with Crippen LogP contribution in [0.5, 0.6) is 0 Å². The van der Waals surface area contributed by atoms with Gasteiger partial charge in [0.15, 0.2) is 0 Å². The predicted octanol–water partition coefficient (Wildman–Crippen LogP) is 3.86. The quantitative estimate of drug-likeness (QED) is 0.671. The summed E-state index contributed by atoms with van der Waals surface area (Å²) in [7, 11) is -3.67. The van der Waals surface area contributed by atoms with E-state index in [4.69, 9.17) is 0 Å². The summed E-state index contributed by atoms with van der Waals surface area (Å²) in [5, 5.41) is 3.23. The summed E-state index contributed by atoms with van der Waals surface area (Å²) in [6, 6.07) is 18.0. The second-order valence-electron chi connectivity index (χ2n) is 6.01. The summed E-state index contributed by atoms with van der Waals surface area (Å²) in [5.74, 6) is 0.592. The second-order valence-corrected chi connectivity index (χ2v) is 7.87. The standard InChI is InChI=1S/C20H22N4O2S/c1-3-24(17-9-5-4-6-10-17)27(25,26)18-12-13-20(22-15-18)23-16(2)19-11-7-8-14-21-19/h4-16H,3H2,1-2H3,(H,22,23). The molecule has 6 nitrogen and oxygen atoms in total. The van der Waals surface area contributed by atoms with Crippen molar-refractivity contribution in [3.05, 3.63) is 78.8 Å². The van der Waals surface area contributed by atoms with Crippen molar-refractivity contribution in [1.82, 2.24) is 9.97 Å². The molecule has 0 aliphatic rings. The minimum Gasteiger partial charge on any atom is -0.362 e. The largest absolute Gasteiger partial charge is 0.362 e. The Morgan fingerprint density at radius 1 is 1.00 bits per heavy atom. The number of pyridine rings is 2. The van der Waals surface area contributed by atoms with E-state index in [9.17, 15) is 8.42 Å². The van der Waals surface area contributed by atoms with E-state index in [1.54, 1.807) is 30.5 Å². The van der Waals surface area contributed by atoms with Crippen LogP contribution in [-0.2, 0) is 10.0 Å². The number of hydrogen-bond acceptors (Lipinski definition) is 5. The van der Waals surface area contributed by atoms with Crippen molar-refractivity contribution in [2.75, 3.05) is 16.2 Å². The van der Waals surface area contributed by atoms with Crippen LogP contribution in [-0.4, -0.2) is 24.9 Å². The maximum absolute atomic E-state index is 13.0. The lowest BCUT2D eigenvalue weighted by Gasteiger charge is -2.23. The van der Waals surface area contributed by atoms with Crippen molar-refractivity contribution in [2.45, 2.75) is 24.8 Å². The van der Waals surface area contributed by atoms with E-state index >= 15 is 0 Å². The van der Waals surface area contributed by atoms with Gasteiger partial charge in [0, 0.05) is 18.9 Å². The molecule has 0 saturated heterocycles. The lowest BCUT2D eigenvalue weighted by molar-refractivity contribution is 0.591. The fraction of sp³-hybridized carbons (Fsp3) is 0.200. The Labute approximate surface area is 160 Å². The van der Waals surface area contributed by atoms with Gasteiger partial charge in [0.05, 0.1) is 17.4 Å². The number of rotatable bonds is 7. The van der Waals surface area contributed by atoms with Crippen LogP contribution in [0.3, 0.4) is 0 Å². The van der Waals surface area contributed by atoms with Crippen LogP contribution < -0.4 is 9.62 Å².